The summed E-state index contributed by atoms with van der Waals surface area (Å²) in [5.41, 5.74) is -0.0484. The van der Waals surface area contributed by atoms with E-state index in [0.29, 0.717) is 25.2 Å². The van der Waals surface area contributed by atoms with Crippen molar-refractivity contribution in [2.75, 3.05) is 13.1 Å². The maximum absolute atomic E-state index is 13.6. The Bertz CT molecular complexity index is 550. The Morgan fingerprint density at radius 3 is 2.52 bits per heavy atom. The fourth-order valence-electron chi connectivity index (χ4n) is 2.51. The van der Waals surface area contributed by atoms with Crippen LogP contribution in [0, 0.1) is 11.6 Å². The number of amides is 1. The summed E-state index contributed by atoms with van der Waals surface area (Å²) in [6.45, 7) is 7.10. The van der Waals surface area contributed by atoms with Gasteiger partial charge in [-0.15, -0.1) is 0 Å². The second-order valence-corrected chi connectivity index (χ2v) is 6.86. The van der Waals surface area contributed by atoms with Crippen LogP contribution in [0.4, 0.5) is 13.6 Å². The average Bonchev–Trinajstić information content (AvgIpc) is 2.45. The van der Waals surface area contributed by atoms with E-state index >= 15 is 0 Å². The van der Waals surface area contributed by atoms with Crippen molar-refractivity contribution in [2.24, 2.45) is 0 Å². The number of benzene rings is 1. The molecule has 1 saturated heterocycles. The number of piperidine rings is 1. The van der Waals surface area contributed by atoms with Gasteiger partial charge in [-0.25, -0.2) is 13.6 Å². The van der Waals surface area contributed by atoms with Gasteiger partial charge in [-0.3, -0.25) is 0 Å². The van der Waals surface area contributed by atoms with Gasteiger partial charge >= 0.3 is 6.09 Å². The lowest BCUT2D eigenvalue weighted by molar-refractivity contribution is 0.0198. The molecule has 1 amide bonds. The minimum absolute atomic E-state index is 0.207. The van der Waals surface area contributed by atoms with E-state index in [0.717, 1.165) is 18.9 Å². The summed E-state index contributed by atoms with van der Waals surface area (Å²) in [5, 5.41) is 3.26. The highest BCUT2D eigenvalue weighted by atomic mass is 19.1. The van der Waals surface area contributed by atoms with Crippen LogP contribution in [-0.4, -0.2) is 35.7 Å². The molecule has 2 rings (SSSR count). The summed E-state index contributed by atoms with van der Waals surface area (Å²) in [7, 11) is 0. The minimum atomic E-state index is -0.572. The molecule has 0 unspecified atom stereocenters. The molecule has 1 fully saturated rings. The van der Waals surface area contributed by atoms with Gasteiger partial charge in [0.15, 0.2) is 0 Å². The Morgan fingerprint density at radius 1 is 1.30 bits per heavy atom. The molecule has 0 saturated carbocycles. The molecule has 0 aliphatic carbocycles. The molecular weight excluding hydrogens is 302 g/mol. The second kappa shape index (κ2) is 7.25. The van der Waals surface area contributed by atoms with Crippen molar-refractivity contribution in [1.82, 2.24) is 10.2 Å². The number of carbonyl (C=O) groups is 1. The van der Waals surface area contributed by atoms with E-state index in [2.05, 4.69) is 5.32 Å². The average molecular weight is 326 g/mol. The number of halogens is 2. The molecule has 1 aliphatic rings. The van der Waals surface area contributed by atoms with Gasteiger partial charge in [0.25, 0.3) is 0 Å². The van der Waals surface area contributed by atoms with E-state index in [9.17, 15) is 13.6 Å². The summed E-state index contributed by atoms with van der Waals surface area (Å²) in [6.07, 6.45) is 1.27. The molecule has 0 bridgehead atoms. The highest BCUT2D eigenvalue weighted by molar-refractivity contribution is 5.68. The zero-order valence-electron chi connectivity index (χ0n) is 13.9. The quantitative estimate of drug-likeness (QED) is 0.925. The van der Waals surface area contributed by atoms with Gasteiger partial charge in [-0.05, 0) is 39.7 Å². The molecule has 0 aromatic heterocycles. The first-order chi connectivity index (χ1) is 10.7. The van der Waals surface area contributed by atoms with Crippen molar-refractivity contribution in [2.45, 2.75) is 51.8 Å². The number of hydrogen-bond acceptors (Lipinski definition) is 3. The first-order valence-electron chi connectivity index (χ1n) is 7.90. The highest BCUT2D eigenvalue weighted by Crippen LogP contribution is 2.16. The van der Waals surface area contributed by atoms with Crippen molar-refractivity contribution < 1.29 is 18.3 Å². The molecular formula is C17H24F2N2O2. The summed E-state index contributed by atoms with van der Waals surface area (Å²) >= 11 is 0. The van der Waals surface area contributed by atoms with Crippen LogP contribution >= 0.6 is 0 Å². The summed E-state index contributed by atoms with van der Waals surface area (Å²) in [6, 6.07) is 3.80. The van der Waals surface area contributed by atoms with Gasteiger partial charge in [0.2, 0.25) is 0 Å². The Hall–Kier alpha value is -1.69. The van der Waals surface area contributed by atoms with Crippen molar-refractivity contribution in [3.8, 4) is 0 Å². The first-order valence-corrected chi connectivity index (χ1v) is 7.90. The fraction of sp³-hybridized carbons (Fsp3) is 0.588. The molecule has 0 radical (unpaired) electrons. The van der Waals surface area contributed by atoms with E-state index < -0.39 is 17.2 Å². The zero-order valence-corrected chi connectivity index (χ0v) is 13.9. The molecule has 1 aromatic rings. The molecule has 0 atom stereocenters. The smallest absolute Gasteiger partial charge is 0.410 e. The molecule has 1 heterocycles. The van der Waals surface area contributed by atoms with Crippen LogP contribution in [0.2, 0.25) is 0 Å². The molecule has 4 nitrogen and oxygen atoms in total. The number of nitrogens with one attached hydrogen (secondary N) is 1. The predicted octanol–water partition coefficient (Wildman–Crippen LogP) is 3.45. The lowest BCUT2D eigenvalue weighted by Gasteiger charge is -2.33. The Morgan fingerprint density at radius 2 is 1.96 bits per heavy atom. The second-order valence-electron chi connectivity index (χ2n) is 6.86. The van der Waals surface area contributed by atoms with Crippen LogP contribution < -0.4 is 5.32 Å². The van der Waals surface area contributed by atoms with Crippen molar-refractivity contribution in [1.29, 1.82) is 0 Å². The van der Waals surface area contributed by atoms with Crippen LogP contribution in [0.3, 0.4) is 0 Å². The normalized spacial score (nSPS) is 16.5. The van der Waals surface area contributed by atoms with E-state index in [1.165, 1.54) is 12.1 Å². The summed E-state index contributed by atoms with van der Waals surface area (Å²) in [4.78, 5) is 13.7. The third-order valence-electron chi connectivity index (χ3n) is 3.74. The molecule has 1 N–H and O–H groups in total. The van der Waals surface area contributed by atoms with Gasteiger partial charge in [0, 0.05) is 37.3 Å². The van der Waals surface area contributed by atoms with E-state index in [4.69, 9.17) is 4.74 Å². The van der Waals surface area contributed by atoms with Gasteiger partial charge in [-0.2, -0.15) is 0 Å². The number of hydrogen-bond donors (Lipinski definition) is 1. The maximum atomic E-state index is 13.6. The topological polar surface area (TPSA) is 41.6 Å². The van der Waals surface area contributed by atoms with Crippen LogP contribution in [0.5, 0.6) is 0 Å². The van der Waals surface area contributed by atoms with E-state index in [-0.39, 0.29) is 12.1 Å². The van der Waals surface area contributed by atoms with Crippen LogP contribution in [0.15, 0.2) is 18.2 Å². The predicted molar refractivity (Wildman–Crippen MR) is 84.0 cm³/mol. The lowest BCUT2D eigenvalue weighted by Crippen LogP contribution is -2.46. The van der Waals surface area contributed by atoms with Crippen molar-refractivity contribution in [3.63, 3.8) is 0 Å². The number of carbonyl (C=O) groups excluding carboxylic acids is 1. The lowest BCUT2D eigenvalue weighted by atomic mass is 10.0. The molecule has 6 heteroatoms. The third kappa shape index (κ3) is 5.46. The minimum Gasteiger partial charge on any atom is -0.444 e. The number of nitrogens with zero attached hydrogens (tertiary/aromatic N) is 1. The van der Waals surface area contributed by atoms with Gasteiger partial charge in [-0.1, -0.05) is 6.07 Å². The van der Waals surface area contributed by atoms with Gasteiger partial charge < -0.3 is 15.0 Å². The molecule has 23 heavy (non-hydrogen) atoms. The SMILES string of the molecule is CC(C)(C)OC(=O)N1CCC(NCc2ccc(F)cc2F)CC1. The third-order valence-corrected chi connectivity index (χ3v) is 3.74. The number of ether oxygens (including phenoxy) is 1. The zero-order chi connectivity index (χ0) is 17.0. The highest BCUT2D eigenvalue weighted by Gasteiger charge is 2.26. The standard InChI is InChI=1S/C17H24F2N2O2/c1-17(2,3)23-16(22)21-8-6-14(7-9-21)20-11-12-4-5-13(18)10-15(12)19/h4-5,10,14,20H,6-9,11H2,1-3H3. The van der Waals surface area contributed by atoms with E-state index in [1.807, 2.05) is 20.8 Å². The monoisotopic (exact) mass is 326 g/mol. The van der Waals surface area contributed by atoms with Crippen LogP contribution in [-0.2, 0) is 11.3 Å². The number of rotatable bonds is 3. The van der Waals surface area contributed by atoms with Crippen molar-refractivity contribution in [3.05, 3.63) is 35.4 Å². The first kappa shape index (κ1) is 17.7. The Labute approximate surface area is 135 Å². The molecule has 1 aliphatic heterocycles. The summed E-state index contributed by atoms with van der Waals surface area (Å²) < 4.78 is 31.8. The largest absolute Gasteiger partial charge is 0.444 e. The van der Waals surface area contributed by atoms with E-state index in [1.54, 1.807) is 4.90 Å². The fourth-order valence-corrected chi connectivity index (χ4v) is 2.51. The van der Waals surface area contributed by atoms with Crippen LogP contribution in [0.1, 0.15) is 39.2 Å². The maximum Gasteiger partial charge on any atom is 0.410 e. The Kier molecular flexibility index (Phi) is 5.57. The Balaban J connectivity index is 1.77. The number of likely N-dealkylation sites (tertiary alicyclic amines) is 1. The molecule has 0 spiro atoms. The van der Waals surface area contributed by atoms with Crippen LogP contribution in [0.25, 0.3) is 0 Å². The summed E-state index contributed by atoms with van der Waals surface area (Å²) in [5.74, 6) is -1.11. The van der Waals surface area contributed by atoms with Gasteiger partial charge in [0.1, 0.15) is 17.2 Å². The van der Waals surface area contributed by atoms with Gasteiger partial charge in [0.05, 0.1) is 0 Å². The van der Waals surface area contributed by atoms with Crippen molar-refractivity contribution >= 4 is 6.09 Å². The molecule has 1 aromatic carbocycles. The molecule has 128 valence electrons.